The molecule has 0 aliphatic carbocycles. The maximum absolute atomic E-state index is 13.1. The second kappa shape index (κ2) is 9.53. The number of amides is 2. The molecule has 152 valence electrons. The fraction of sp³-hybridized carbons (Fsp3) is 0.500. The molecule has 0 atom stereocenters. The number of carbonyl (C=O) groups excluding carboxylic acids is 2. The molecule has 0 saturated heterocycles. The van der Waals surface area contributed by atoms with Crippen molar-refractivity contribution in [2.75, 3.05) is 13.1 Å². The number of carbonyl (C=O) groups is 2. The Labute approximate surface area is 167 Å². The number of rotatable bonds is 9. The van der Waals surface area contributed by atoms with Gasteiger partial charge in [0, 0.05) is 18.7 Å². The second-order valence-corrected chi connectivity index (χ2v) is 8.15. The third-order valence-electron chi connectivity index (χ3n) is 4.35. The Morgan fingerprint density at radius 2 is 1.75 bits per heavy atom. The van der Waals surface area contributed by atoms with Crippen LogP contribution in [0.15, 0.2) is 36.4 Å². The lowest BCUT2D eigenvalue weighted by Crippen LogP contribution is -2.39. The molecule has 28 heavy (non-hydrogen) atoms. The molecule has 0 unspecified atom stereocenters. The molecule has 1 N–H and O–H groups in total. The predicted molar refractivity (Wildman–Crippen MR) is 113 cm³/mol. The Balaban J connectivity index is 2.30. The lowest BCUT2D eigenvalue weighted by molar-refractivity contribution is -0.132. The van der Waals surface area contributed by atoms with E-state index < -0.39 is 0 Å². The van der Waals surface area contributed by atoms with Crippen molar-refractivity contribution in [3.63, 3.8) is 0 Å². The third kappa shape index (κ3) is 5.68. The minimum absolute atomic E-state index is 0.0676. The van der Waals surface area contributed by atoms with Gasteiger partial charge in [-0.15, -0.1) is 0 Å². The summed E-state index contributed by atoms with van der Waals surface area (Å²) in [5.41, 5.74) is 2.15. The van der Waals surface area contributed by atoms with Crippen LogP contribution in [-0.4, -0.2) is 39.4 Å². The van der Waals surface area contributed by atoms with Crippen LogP contribution < -0.4 is 5.32 Å². The first-order chi connectivity index (χ1) is 13.2. The van der Waals surface area contributed by atoms with Crippen LogP contribution in [0.2, 0.25) is 0 Å². The summed E-state index contributed by atoms with van der Waals surface area (Å²) >= 11 is 0. The van der Waals surface area contributed by atoms with Crippen LogP contribution >= 0.6 is 0 Å². The zero-order chi connectivity index (χ0) is 20.8. The van der Waals surface area contributed by atoms with Gasteiger partial charge >= 0.3 is 0 Å². The first-order valence-corrected chi connectivity index (χ1v) is 9.84. The molecule has 1 aromatic carbocycles. The highest BCUT2D eigenvalue weighted by Gasteiger charge is 2.20. The van der Waals surface area contributed by atoms with E-state index >= 15 is 0 Å². The van der Waals surface area contributed by atoms with Crippen LogP contribution in [0.5, 0.6) is 0 Å². The molecule has 2 rings (SSSR count). The number of aromatic nitrogens is 2. The van der Waals surface area contributed by atoms with Crippen molar-refractivity contribution in [1.29, 1.82) is 0 Å². The van der Waals surface area contributed by atoms with Gasteiger partial charge in [-0.3, -0.25) is 9.59 Å². The minimum Gasteiger partial charge on any atom is -0.345 e. The Morgan fingerprint density at radius 3 is 2.32 bits per heavy atom. The van der Waals surface area contributed by atoms with E-state index in [1.165, 1.54) is 0 Å². The van der Waals surface area contributed by atoms with Crippen molar-refractivity contribution >= 4 is 22.8 Å². The van der Waals surface area contributed by atoms with E-state index in [2.05, 4.69) is 44.6 Å². The molecular formula is C22H32N4O2. The topological polar surface area (TPSA) is 67.2 Å². The van der Waals surface area contributed by atoms with Gasteiger partial charge in [0.1, 0.15) is 12.4 Å². The summed E-state index contributed by atoms with van der Waals surface area (Å²) in [6, 6.07) is 7.72. The average molecular weight is 385 g/mol. The number of nitrogens with one attached hydrogen (secondary N) is 1. The summed E-state index contributed by atoms with van der Waals surface area (Å²) in [5, 5.41) is 2.82. The zero-order valence-corrected chi connectivity index (χ0v) is 17.7. The number of hydrogen-bond donors (Lipinski definition) is 1. The molecule has 2 amide bonds. The molecule has 1 heterocycles. The summed E-state index contributed by atoms with van der Waals surface area (Å²) in [6.45, 7) is 15.7. The van der Waals surface area contributed by atoms with E-state index in [1.54, 1.807) is 6.92 Å². The SMILES string of the molecule is C=C(C)C(=O)NCc1nc2ccccc2n1CC(=O)N(CC(C)C)CC(C)C. The van der Waals surface area contributed by atoms with Gasteiger partial charge < -0.3 is 14.8 Å². The predicted octanol–water partition coefficient (Wildman–Crippen LogP) is 3.37. The first-order valence-electron chi connectivity index (χ1n) is 9.84. The summed E-state index contributed by atoms with van der Waals surface area (Å²) in [5.74, 6) is 1.32. The van der Waals surface area contributed by atoms with Gasteiger partial charge in [0.15, 0.2) is 0 Å². The van der Waals surface area contributed by atoms with Crippen LogP contribution in [0.4, 0.5) is 0 Å². The Hall–Kier alpha value is -2.63. The van der Waals surface area contributed by atoms with E-state index in [4.69, 9.17) is 0 Å². The molecular weight excluding hydrogens is 352 g/mol. The maximum Gasteiger partial charge on any atom is 0.246 e. The number of hydrogen-bond acceptors (Lipinski definition) is 3. The highest BCUT2D eigenvalue weighted by Crippen LogP contribution is 2.17. The molecule has 0 bridgehead atoms. The van der Waals surface area contributed by atoms with Gasteiger partial charge in [-0.25, -0.2) is 4.98 Å². The van der Waals surface area contributed by atoms with Crippen LogP contribution in [0.1, 0.15) is 40.4 Å². The van der Waals surface area contributed by atoms with E-state index in [1.807, 2.05) is 33.7 Å². The van der Waals surface area contributed by atoms with Crippen molar-refractivity contribution in [1.82, 2.24) is 19.8 Å². The normalized spacial score (nSPS) is 11.2. The largest absolute Gasteiger partial charge is 0.345 e. The molecule has 2 aromatic rings. The summed E-state index contributed by atoms with van der Waals surface area (Å²) in [4.78, 5) is 31.5. The summed E-state index contributed by atoms with van der Waals surface area (Å²) < 4.78 is 1.91. The van der Waals surface area contributed by atoms with Gasteiger partial charge in [-0.05, 0) is 30.9 Å². The number of para-hydroxylation sites is 2. The smallest absolute Gasteiger partial charge is 0.246 e. The van der Waals surface area contributed by atoms with E-state index in [0.717, 1.165) is 24.1 Å². The fourth-order valence-corrected chi connectivity index (χ4v) is 3.14. The van der Waals surface area contributed by atoms with Crippen LogP contribution in [0, 0.1) is 11.8 Å². The standard InChI is InChI=1S/C22H32N4O2/c1-15(2)12-25(13-16(3)4)21(27)14-26-19-10-8-7-9-18(19)24-20(26)11-23-22(28)17(5)6/h7-10,15-16H,5,11-14H2,1-4,6H3,(H,23,28). The van der Waals surface area contributed by atoms with E-state index in [-0.39, 0.29) is 24.9 Å². The molecule has 0 aliphatic rings. The lowest BCUT2D eigenvalue weighted by atomic mass is 10.1. The van der Waals surface area contributed by atoms with Crippen molar-refractivity contribution in [3.8, 4) is 0 Å². The Morgan fingerprint density at radius 1 is 1.14 bits per heavy atom. The van der Waals surface area contributed by atoms with Gasteiger partial charge in [0.05, 0.1) is 17.6 Å². The molecule has 6 heteroatoms. The lowest BCUT2D eigenvalue weighted by Gasteiger charge is -2.27. The average Bonchev–Trinajstić information content (AvgIpc) is 2.95. The quantitative estimate of drug-likeness (QED) is 0.674. The summed E-state index contributed by atoms with van der Waals surface area (Å²) in [7, 11) is 0. The van der Waals surface area contributed by atoms with Crippen molar-refractivity contribution in [2.45, 2.75) is 47.7 Å². The van der Waals surface area contributed by atoms with Gasteiger partial charge in [-0.1, -0.05) is 46.4 Å². The van der Waals surface area contributed by atoms with Gasteiger partial charge in [0.25, 0.3) is 0 Å². The zero-order valence-electron chi connectivity index (χ0n) is 17.7. The second-order valence-electron chi connectivity index (χ2n) is 8.15. The van der Waals surface area contributed by atoms with Crippen LogP contribution in [0.25, 0.3) is 11.0 Å². The Kier molecular flexibility index (Phi) is 7.38. The highest BCUT2D eigenvalue weighted by atomic mass is 16.2. The number of imidazole rings is 1. The van der Waals surface area contributed by atoms with Gasteiger partial charge in [-0.2, -0.15) is 0 Å². The van der Waals surface area contributed by atoms with E-state index in [9.17, 15) is 9.59 Å². The minimum atomic E-state index is -0.217. The number of fused-ring (bicyclic) bond motifs is 1. The maximum atomic E-state index is 13.1. The van der Waals surface area contributed by atoms with E-state index in [0.29, 0.717) is 23.2 Å². The molecule has 6 nitrogen and oxygen atoms in total. The molecule has 0 spiro atoms. The van der Waals surface area contributed by atoms with Crippen LogP contribution in [0.3, 0.4) is 0 Å². The monoisotopic (exact) mass is 384 g/mol. The third-order valence-corrected chi connectivity index (χ3v) is 4.35. The molecule has 0 fully saturated rings. The number of benzene rings is 1. The first kappa shape index (κ1) is 21.7. The molecule has 0 radical (unpaired) electrons. The Bertz CT molecular complexity index is 841. The fourth-order valence-electron chi connectivity index (χ4n) is 3.14. The number of nitrogens with zero attached hydrogens (tertiary/aromatic N) is 3. The molecule has 0 aliphatic heterocycles. The van der Waals surface area contributed by atoms with Gasteiger partial charge in [0.2, 0.25) is 11.8 Å². The highest BCUT2D eigenvalue weighted by molar-refractivity contribution is 5.92. The van der Waals surface area contributed by atoms with Crippen molar-refractivity contribution in [2.24, 2.45) is 11.8 Å². The summed E-state index contributed by atoms with van der Waals surface area (Å²) in [6.07, 6.45) is 0. The molecule has 1 aromatic heterocycles. The molecule has 0 saturated carbocycles. The van der Waals surface area contributed by atoms with Crippen molar-refractivity contribution in [3.05, 3.63) is 42.2 Å². The van der Waals surface area contributed by atoms with Crippen molar-refractivity contribution < 1.29 is 9.59 Å². The van der Waals surface area contributed by atoms with Crippen LogP contribution in [-0.2, 0) is 22.7 Å².